The summed E-state index contributed by atoms with van der Waals surface area (Å²) in [6.45, 7) is 1.77. The second-order valence-electron chi connectivity index (χ2n) is 6.13. The first-order valence-corrected chi connectivity index (χ1v) is 9.89. The Bertz CT molecular complexity index is 682. The largest absolute Gasteiger partial charge is 0.479 e. The van der Waals surface area contributed by atoms with Crippen LogP contribution in [0, 0.1) is 11.3 Å². The van der Waals surface area contributed by atoms with Crippen molar-refractivity contribution in [1.82, 2.24) is 4.72 Å². The topological polar surface area (TPSA) is 99.4 Å². The van der Waals surface area contributed by atoms with Crippen LogP contribution in [0.25, 0.3) is 0 Å². The SMILES string of the molecule is CCCS(=O)(=O)NC1CCCCC1(O)c1ccc(OCC#N)cc1. The summed E-state index contributed by atoms with van der Waals surface area (Å²) in [6.07, 6.45) is 3.36. The highest BCUT2D eigenvalue weighted by Gasteiger charge is 2.42. The highest BCUT2D eigenvalue weighted by Crippen LogP contribution is 2.38. The molecule has 1 aromatic rings. The molecule has 24 heavy (non-hydrogen) atoms. The van der Waals surface area contributed by atoms with Gasteiger partial charge in [-0.05, 0) is 37.0 Å². The molecule has 1 aromatic carbocycles. The molecule has 6 nitrogen and oxygen atoms in total. The van der Waals surface area contributed by atoms with E-state index in [4.69, 9.17) is 10.00 Å². The predicted molar refractivity (Wildman–Crippen MR) is 90.9 cm³/mol. The Balaban J connectivity index is 2.21. The van der Waals surface area contributed by atoms with Gasteiger partial charge in [-0.2, -0.15) is 5.26 Å². The standard InChI is InChI=1S/C17H24N2O4S/c1-2-13-24(21,22)19-16-5-3-4-10-17(16,20)14-6-8-15(9-7-14)23-12-11-18/h6-9,16,19-20H,2-5,10,12-13H2,1H3. The van der Waals surface area contributed by atoms with Gasteiger partial charge in [0.05, 0.1) is 11.8 Å². The predicted octanol–water partition coefficient (Wildman–Crippen LogP) is 2.05. The third-order valence-electron chi connectivity index (χ3n) is 4.33. The molecule has 1 fully saturated rings. The van der Waals surface area contributed by atoms with Gasteiger partial charge in [-0.15, -0.1) is 0 Å². The van der Waals surface area contributed by atoms with Gasteiger partial charge < -0.3 is 9.84 Å². The number of benzene rings is 1. The molecular formula is C17H24N2O4S. The normalized spacial score (nSPS) is 24.3. The quantitative estimate of drug-likeness (QED) is 0.782. The maximum absolute atomic E-state index is 12.1. The van der Waals surface area contributed by atoms with Crippen LogP contribution in [0.2, 0.25) is 0 Å². The van der Waals surface area contributed by atoms with Crippen LogP contribution in [0.3, 0.4) is 0 Å². The summed E-state index contributed by atoms with van der Waals surface area (Å²) in [6, 6.07) is 8.22. The van der Waals surface area contributed by atoms with E-state index >= 15 is 0 Å². The van der Waals surface area contributed by atoms with Crippen LogP contribution < -0.4 is 9.46 Å². The smallest absolute Gasteiger partial charge is 0.211 e. The average Bonchev–Trinajstić information content (AvgIpc) is 2.55. The van der Waals surface area contributed by atoms with Crippen molar-refractivity contribution >= 4 is 10.0 Å². The Morgan fingerprint density at radius 2 is 2.08 bits per heavy atom. The molecule has 0 aliphatic heterocycles. The number of hydrogen-bond acceptors (Lipinski definition) is 5. The summed E-state index contributed by atoms with van der Waals surface area (Å²) in [5.41, 5.74) is -0.567. The maximum atomic E-state index is 12.1. The molecule has 0 amide bonds. The first-order chi connectivity index (χ1) is 11.4. The lowest BCUT2D eigenvalue weighted by Crippen LogP contribution is -2.52. The van der Waals surface area contributed by atoms with Gasteiger partial charge in [0.1, 0.15) is 17.4 Å². The van der Waals surface area contributed by atoms with Crippen molar-refractivity contribution in [3.8, 4) is 11.8 Å². The van der Waals surface area contributed by atoms with Crippen molar-refractivity contribution in [3.63, 3.8) is 0 Å². The number of nitrogens with zero attached hydrogens (tertiary/aromatic N) is 1. The van der Waals surface area contributed by atoms with Crippen LogP contribution in [-0.4, -0.2) is 31.9 Å². The highest BCUT2D eigenvalue weighted by atomic mass is 32.2. The van der Waals surface area contributed by atoms with Gasteiger partial charge in [0.2, 0.25) is 10.0 Å². The second kappa shape index (κ2) is 7.97. The van der Waals surface area contributed by atoms with Crippen LogP contribution in [-0.2, 0) is 15.6 Å². The number of sulfonamides is 1. The summed E-state index contributed by atoms with van der Waals surface area (Å²) < 4.78 is 32.1. The van der Waals surface area contributed by atoms with Crippen LogP contribution in [0.5, 0.6) is 5.75 Å². The van der Waals surface area contributed by atoms with E-state index in [-0.39, 0.29) is 12.4 Å². The van der Waals surface area contributed by atoms with E-state index in [1.165, 1.54) is 0 Å². The van der Waals surface area contributed by atoms with E-state index in [2.05, 4.69) is 4.72 Å². The zero-order chi connectivity index (χ0) is 17.6. The molecule has 132 valence electrons. The number of rotatable bonds is 7. The van der Waals surface area contributed by atoms with E-state index in [1.54, 1.807) is 24.3 Å². The molecule has 1 aliphatic carbocycles. The molecule has 2 unspecified atom stereocenters. The first kappa shape index (κ1) is 18.7. The van der Waals surface area contributed by atoms with E-state index in [0.717, 1.165) is 12.8 Å². The summed E-state index contributed by atoms with van der Waals surface area (Å²) >= 11 is 0. The van der Waals surface area contributed by atoms with Crippen LogP contribution >= 0.6 is 0 Å². The van der Waals surface area contributed by atoms with Crippen molar-refractivity contribution in [2.45, 2.75) is 50.7 Å². The lowest BCUT2D eigenvalue weighted by Gasteiger charge is -2.40. The van der Waals surface area contributed by atoms with Gasteiger partial charge in [-0.25, -0.2) is 13.1 Å². The maximum Gasteiger partial charge on any atom is 0.211 e. The molecule has 2 atom stereocenters. The van der Waals surface area contributed by atoms with E-state index in [1.807, 2.05) is 13.0 Å². The second-order valence-corrected chi connectivity index (χ2v) is 8.00. The number of hydrogen-bond donors (Lipinski definition) is 2. The Labute approximate surface area is 143 Å². The molecule has 0 saturated heterocycles. The zero-order valence-corrected chi connectivity index (χ0v) is 14.7. The summed E-state index contributed by atoms with van der Waals surface area (Å²) in [4.78, 5) is 0. The van der Waals surface area contributed by atoms with Crippen LogP contribution in [0.4, 0.5) is 0 Å². The van der Waals surface area contributed by atoms with E-state index in [0.29, 0.717) is 30.6 Å². The molecule has 0 radical (unpaired) electrons. The minimum absolute atomic E-state index is 0.0386. The van der Waals surface area contributed by atoms with Gasteiger partial charge in [0, 0.05) is 0 Å². The van der Waals surface area contributed by atoms with Gasteiger partial charge in [-0.3, -0.25) is 0 Å². The van der Waals surface area contributed by atoms with Gasteiger partial charge in [-0.1, -0.05) is 31.9 Å². The van der Waals surface area contributed by atoms with Crippen LogP contribution in [0.15, 0.2) is 24.3 Å². The molecular weight excluding hydrogens is 328 g/mol. The molecule has 2 N–H and O–H groups in total. The molecule has 1 saturated carbocycles. The first-order valence-electron chi connectivity index (χ1n) is 8.24. The van der Waals surface area contributed by atoms with Gasteiger partial charge in [0.15, 0.2) is 6.61 Å². The van der Waals surface area contributed by atoms with Crippen molar-refractivity contribution in [3.05, 3.63) is 29.8 Å². The molecule has 0 heterocycles. The number of nitriles is 1. The summed E-state index contributed by atoms with van der Waals surface area (Å²) in [7, 11) is -3.40. The minimum Gasteiger partial charge on any atom is -0.479 e. The molecule has 1 aliphatic rings. The summed E-state index contributed by atoms with van der Waals surface area (Å²) in [5, 5.41) is 19.7. The Kier molecular flexibility index (Phi) is 6.21. The van der Waals surface area contributed by atoms with E-state index in [9.17, 15) is 13.5 Å². The highest BCUT2D eigenvalue weighted by molar-refractivity contribution is 7.89. The van der Waals surface area contributed by atoms with Crippen molar-refractivity contribution in [2.75, 3.05) is 12.4 Å². The zero-order valence-electron chi connectivity index (χ0n) is 13.9. The van der Waals surface area contributed by atoms with Gasteiger partial charge in [0.25, 0.3) is 0 Å². The molecule has 0 aromatic heterocycles. The van der Waals surface area contributed by atoms with Crippen molar-refractivity contribution < 1.29 is 18.3 Å². The third-order valence-corrected chi connectivity index (χ3v) is 5.92. The lowest BCUT2D eigenvalue weighted by molar-refractivity contribution is -0.0249. The molecule has 7 heteroatoms. The Morgan fingerprint density at radius 1 is 1.38 bits per heavy atom. The number of nitrogens with one attached hydrogen (secondary N) is 1. The number of ether oxygens (including phenoxy) is 1. The molecule has 0 spiro atoms. The lowest BCUT2D eigenvalue weighted by atomic mass is 9.76. The fourth-order valence-corrected chi connectivity index (χ4v) is 4.56. The van der Waals surface area contributed by atoms with Crippen molar-refractivity contribution in [1.29, 1.82) is 5.26 Å². The Morgan fingerprint density at radius 3 is 2.71 bits per heavy atom. The minimum atomic E-state index is -3.40. The molecule has 0 bridgehead atoms. The monoisotopic (exact) mass is 352 g/mol. The van der Waals surface area contributed by atoms with Crippen molar-refractivity contribution in [2.24, 2.45) is 0 Å². The fraction of sp³-hybridized carbons (Fsp3) is 0.588. The summed E-state index contributed by atoms with van der Waals surface area (Å²) in [5.74, 6) is 0.600. The van der Waals surface area contributed by atoms with Crippen LogP contribution in [0.1, 0.15) is 44.6 Å². The Hall–Kier alpha value is -1.62. The van der Waals surface area contributed by atoms with E-state index < -0.39 is 21.7 Å². The average molecular weight is 352 g/mol. The fourth-order valence-electron chi connectivity index (χ4n) is 3.16. The number of aliphatic hydroxyl groups is 1. The van der Waals surface area contributed by atoms with Gasteiger partial charge >= 0.3 is 0 Å². The molecule has 2 rings (SSSR count). The third kappa shape index (κ3) is 4.47.